The molecule has 1 aromatic rings. The maximum Gasteiger partial charge on any atom is 0.416 e. The van der Waals surface area contributed by atoms with Gasteiger partial charge in [0.2, 0.25) is 0 Å². The second-order valence-electron chi connectivity index (χ2n) is 3.02. The van der Waals surface area contributed by atoms with Gasteiger partial charge in [-0.2, -0.15) is 18.4 Å². The molecule has 0 fully saturated rings. The lowest BCUT2D eigenvalue weighted by Crippen LogP contribution is -2.12. The van der Waals surface area contributed by atoms with Crippen LogP contribution >= 0.6 is 27.7 Å². The first kappa shape index (κ1) is 14.9. The van der Waals surface area contributed by atoms with Crippen LogP contribution in [0.4, 0.5) is 18.9 Å². The third kappa shape index (κ3) is 3.92. The van der Waals surface area contributed by atoms with Crippen LogP contribution in [0.15, 0.2) is 27.7 Å². The Kier molecular flexibility index (Phi) is 5.04. The molecule has 0 bridgehead atoms. The van der Waals surface area contributed by atoms with Crippen LogP contribution in [0, 0.1) is 11.5 Å². The molecule has 0 heterocycles. The SMILES string of the molecule is CSC(=Nc1cc(C(F)(F)F)ccc1Br)NC#N. The van der Waals surface area contributed by atoms with Crippen molar-refractivity contribution in [2.45, 2.75) is 6.18 Å². The second kappa shape index (κ2) is 6.11. The minimum atomic E-state index is -4.42. The van der Waals surface area contributed by atoms with Gasteiger partial charge in [0.25, 0.3) is 0 Å². The van der Waals surface area contributed by atoms with E-state index in [1.807, 2.05) is 0 Å². The molecule has 0 amide bonds. The summed E-state index contributed by atoms with van der Waals surface area (Å²) in [6.07, 6.45) is -1.10. The molecule has 0 unspecified atom stereocenters. The molecule has 0 saturated heterocycles. The van der Waals surface area contributed by atoms with Gasteiger partial charge >= 0.3 is 6.18 Å². The van der Waals surface area contributed by atoms with Gasteiger partial charge in [-0.25, -0.2) is 4.99 Å². The summed E-state index contributed by atoms with van der Waals surface area (Å²) in [6, 6.07) is 3.14. The minimum Gasteiger partial charge on any atom is -0.271 e. The Hall–Kier alpha value is -1.20. The predicted octanol–water partition coefficient (Wildman–Crippen LogP) is 3.89. The van der Waals surface area contributed by atoms with Gasteiger partial charge in [-0.3, -0.25) is 5.32 Å². The van der Waals surface area contributed by atoms with E-state index in [1.165, 1.54) is 6.07 Å². The fraction of sp³-hybridized carbons (Fsp3) is 0.200. The molecular formula is C10H7BrF3N3S. The van der Waals surface area contributed by atoms with E-state index in [0.29, 0.717) is 4.47 Å². The van der Waals surface area contributed by atoms with Gasteiger partial charge in [0.05, 0.1) is 11.3 Å². The Balaban J connectivity index is 3.20. The Morgan fingerprint density at radius 1 is 1.50 bits per heavy atom. The number of hydrogen-bond donors (Lipinski definition) is 1. The monoisotopic (exact) mass is 337 g/mol. The number of nitriles is 1. The normalized spacial score (nSPS) is 12.1. The number of benzene rings is 1. The molecule has 1 rings (SSSR count). The number of halogens is 4. The molecule has 1 N–H and O–H groups in total. The van der Waals surface area contributed by atoms with Crippen molar-refractivity contribution in [1.82, 2.24) is 5.32 Å². The molecule has 96 valence electrons. The number of aliphatic imine (C=N–C) groups is 1. The van der Waals surface area contributed by atoms with E-state index >= 15 is 0 Å². The summed E-state index contributed by atoms with van der Waals surface area (Å²) in [5, 5.41) is 11.0. The van der Waals surface area contributed by atoms with E-state index in [9.17, 15) is 13.2 Å². The third-order valence-electron chi connectivity index (χ3n) is 1.85. The summed E-state index contributed by atoms with van der Waals surface area (Å²) in [5.41, 5.74) is -0.682. The van der Waals surface area contributed by atoms with Crippen molar-refractivity contribution in [3.8, 4) is 6.19 Å². The molecule has 0 aliphatic carbocycles. The zero-order valence-corrected chi connectivity index (χ0v) is 11.4. The van der Waals surface area contributed by atoms with Crippen LogP contribution in [-0.4, -0.2) is 11.4 Å². The van der Waals surface area contributed by atoms with Crippen molar-refractivity contribution in [3.63, 3.8) is 0 Å². The molecule has 0 atom stereocenters. The number of nitrogens with zero attached hydrogens (tertiary/aromatic N) is 2. The Labute approximate surface area is 114 Å². The highest BCUT2D eigenvalue weighted by molar-refractivity contribution is 9.10. The van der Waals surface area contributed by atoms with Crippen LogP contribution in [0.3, 0.4) is 0 Å². The first-order chi connectivity index (χ1) is 8.38. The lowest BCUT2D eigenvalue weighted by atomic mass is 10.2. The third-order valence-corrected chi connectivity index (χ3v) is 3.10. The fourth-order valence-electron chi connectivity index (χ4n) is 1.06. The minimum absolute atomic E-state index is 0.108. The summed E-state index contributed by atoms with van der Waals surface area (Å²) in [5.74, 6) is 0. The van der Waals surface area contributed by atoms with Crippen LogP contribution < -0.4 is 5.32 Å². The summed E-state index contributed by atoms with van der Waals surface area (Å²) in [6.45, 7) is 0. The van der Waals surface area contributed by atoms with Gasteiger partial charge in [0, 0.05) is 4.47 Å². The highest BCUT2D eigenvalue weighted by Crippen LogP contribution is 2.35. The van der Waals surface area contributed by atoms with E-state index in [4.69, 9.17) is 5.26 Å². The smallest absolute Gasteiger partial charge is 0.271 e. The molecule has 0 spiro atoms. The molecule has 0 radical (unpaired) electrons. The zero-order valence-electron chi connectivity index (χ0n) is 9.05. The lowest BCUT2D eigenvalue weighted by Gasteiger charge is -2.08. The topological polar surface area (TPSA) is 48.2 Å². The van der Waals surface area contributed by atoms with Crippen molar-refractivity contribution < 1.29 is 13.2 Å². The van der Waals surface area contributed by atoms with Gasteiger partial charge in [0.1, 0.15) is 0 Å². The molecule has 0 saturated carbocycles. The molecule has 0 aromatic heterocycles. The van der Waals surface area contributed by atoms with Gasteiger partial charge < -0.3 is 0 Å². The van der Waals surface area contributed by atoms with E-state index < -0.39 is 11.7 Å². The van der Waals surface area contributed by atoms with E-state index in [1.54, 1.807) is 12.4 Å². The summed E-state index contributed by atoms with van der Waals surface area (Å²) < 4.78 is 38.0. The van der Waals surface area contributed by atoms with E-state index in [2.05, 4.69) is 26.2 Å². The van der Waals surface area contributed by atoms with Crippen molar-refractivity contribution in [2.24, 2.45) is 4.99 Å². The van der Waals surface area contributed by atoms with Gasteiger partial charge in [0.15, 0.2) is 11.4 Å². The van der Waals surface area contributed by atoms with Crippen molar-refractivity contribution in [2.75, 3.05) is 6.26 Å². The van der Waals surface area contributed by atoms with Gasteiger partial charge in [-0.05, 0) is 40.4 Å². The average Bonchev–Trinajstić information content (AvgIpc) is 2.29. The number of nitrogens with one attached hydrogen (secondary N) is 1. The summed E-state index contributed by atoms with van der Waals surface area (Å²) in [7, 11) is 0. The second-order valence-corrected chi connectivity index (χ2v) is 4.67. The van der Waals surface area contributed by atoms with Crippen molar-refractivity contribution in [1.29, 1.82) is 5.26 Å². The first-order valence-electron chi connectivity index (χ1n) is 4.53. The molecular weight excluding hydrogens is 331 g/mol. The van der Waals surface area contributed by atoms with Crippen molar-refractivity contribution >= 4 is 38.5 Å². The predicted molar refractivity (Wildman–Crippen MR) is 68.5 cm³/mol. The highest BCUT2D eigenvalue weighted by Gasteiger charge is 2.30. The molecule has 0 aliphatic rings. The highest BCUT2D eigenvalue weighted by atomic mass is 79.9. The molecule has 18 heavy (non-hydrogen) atoms. The van der Waals surface area contributed by atoms with Gasteiger partial charge in [-0.15, -0.1) is 0 Å². The van der Waals surface area contributed by atoms with E-state index in [-0.39, 0.29) is 10.9 Å². The standard InChI is InChI=1S/C10H7BrF3N3S/c1-18-9(16-5-15)17-8-4-6(10(12,13)14)2-3-7(8)11/h2-4H,1H3,(H,16,17). The van der Waals surface area contributed by atoms with Crippen LogP contribution in [0.2, 0.25) is 0 Å². The Morgan fingerprint density at radius 2 is 2.17 bits per heavy atom. The number of alkyl halides is 3. The van der Waals surface area contributed by atoms with Crippen LogP contribution in [-0.2, 0) is 6.18 Å². The summed E-state index contributed by atoms with van der Waals surface area (Å²) >= 11 is 4.24. The lowest BCUT2D eigenvalue weighted by molar-refractivity contribution is -0.137. The maximum absolute atomic E-state index is 12.5. The largest absolute Gasteiger partial charge is 0.416 e. The van der Waals surface area contributed by atoms with E-state index in [0.717, 1.165) is 23.9 Å². The molecule has 0 aliphatic heterocycles. The molecule has 3 nitrogen and oxygen atoms in total. The maximum atomic E-state index is 12.5. The Bertz CT molecular complexity index is 508. The van der Waals surface area contributed by atoms with Crippen LogP contribution in [0.25, 0.3) is 0 Å². The quantitative estimate of drug-likeness (QED) is 0.366. The number of hydrogen-bond acceptors (Lipinski definition) is 3. The fourth-order valence-corrected chi connectivity index (χ4v) is 1.73. The number of amidine groups is 1. The van der Waals surface area contributed by atoms with Crippen LogP contribution in [0.1, 0.15) is 5.56 Å². The first-order valence-corrected chi connectivity index (χ1v) is 6.54. The number of rotatable bonds is 1. The summed E-state index contributed by atoms with van der Waals surface area (Å²) in [4.78, 5) is 3.94. The Morgan fingerprint density at radius 3 is 2.67 bits per heavy atom. The molecule has 8 heteroatoms. The van der Waals surface area contributed by atoms with Gasteiger partial charge in [-0.1, -0.05) is 11.8 Å². The zero-order chi connectivity index (χ0) is 13.8. The average molecular weight is 338 g/mol. The number of thioether (sulfide) groups is 1. The molecule has 1 aromatic carbocycles. The van der Waals surface area contributed by atoms with Crippen molar-refractivity contribution in [3.05, 3.63) is 28.2 Å². The van der Waals surface area contributed by atoms with Crippen LogP contribution in [0.5, 0.6) is 0 Å².